The van der Waals surface area contributed by atoms with Gasteiger partial charge in [0.25, 0.3) is 0 Å². The van der Waals surface area contributed by atoms with Gasteiger partial charge in [0.1, 0.15) is 0 Å². The molecule has 1 saturated heterocycles. The van der Waals surface area contributed by atoms with Gasteiger partial charge >= 0.3 is 13.3 Å². The lowest BCUT2D eigenvalue weighted by atomic mass is 9.86. The average Bonchev–Trinajstić information content (AvgIpc) is 2.65. The van der Waals surface area contributed by atoms with Gasteiger partial charge in [0.05, 0.1) is 16.8 Å². The Labute approximate surface area is 110 Å². The average molecular weight is 276 g/mol. The topological polar surface area (TPSA) is 36.3 Å². The molecule has 0 amide bonds. The van der Waals surface area contributed by atoms with Crippen LogP contribution >= 0.6 is 0 Å². The number of rotatable bonds is 1. The van der Waals surface area contributed by atoms with Crippen molar-refractivity contribution in [3.05, 3.63) is 12.0 Å². The lowest BCUT2D eigenvalue weighted by molar-refractivity contribution is -0.146. The van der Waals surface area contributed by atoms with E-state index in [2.05, 4.69) is 4.98 Å². The zero-order valence-corrected chi connectivity index (χ0v) is 11.5. The molecule has 19 heavy (non-hydrogen) atoms. The maximum atomic E-state index is 12.7. The first-order valence-electron chi connectivity index (χ1n) is 5.90. The van der Waals surface area contributed by atoms with Crippen molar-refractivity contribution in [3.8, 4) is 0 Å². The monoisotopic (exact) mass is 276 g/mol. The fourth-order valence-electron chi connectivity index (χ4n) is 1.83. The number of hydrogen-bond donors (Lipinski definition) is 0. The molecular formula is C11H16BF3N2O2. The molecule has 4 nitrogen and oxygen atoms in total. The van der Waals surface area contributed by atoms with Crippen LogP contribution in [0.1, 0.15) is 33.5 Å². The Hall–Kier alpha value is -1.02. The van der Waals surface area contributed by atoms with E-state index in [1.54, 1.807) is 0 Å². The molecular weight excluding hydrogens is 260 g/mol. The van der Waals surface area contributed by atoms with Gasteiger partial charge in [-0.3, -0.25) is 0 Å². The van der Waals surface area contributed by atoms with Gasteiger partial charge in [-0.2, -0.15) is 13.2 Å². The van der Waals surface area contributed by atoms with E-state index in [9.17, 15) is 13.2 Å². The molecule has 0 unspecified atom stereocenters. The summed E-state index contributed by atoms with van der Waals surface area (Å²) in [4.78, 5) is 3.58. The number of imidazole rings is 1. The van der Waals surface area contributed by atoms with Crippen LogP contribution in [0.15, 0.2) is 6.20 Å². The molecule has 106 valence electrons. The van der Waals surface area contributed by atoms with E-state index < -0.39 is 30.3 Å². The summed E-state index contributed by atoms with van der Waals surface area (Å²) < 4.78 is 50.3. The van der Waals surface area contributed by atoms with Crippen LogP contribution in [0.4, 0.5) is 13.2 Å². The third kappa shape index (κ3) is 2.39. The van der Waals surface area contributed by atoms with Gasteiger partial charge in [-0.1, -0.05) is 0 Å². The molecule has 0 bridgehead atoms. The van der Waals surface area contributed by atoms with Crippen molar-refractivity contribution in [1.29, 1.82) is 0 Å². The van der Waals surface area contributed by atoms with E-state index in [4.69, 9.17) is 9.31 Å². The van der Waals surface area contributed by atoms with Crippen molar-refractivity contribution < 1.29 is 22.5 Å². The maximum absolute atomic E-state index is 12.7. The van der Waals surface area contributed by atoms with E-state index in [0.717, 1.165) is 4.57 Å². The van der Waals surface area contributed by atoms with Crippen LogP contribution < -0.4 is 5.59 Å². The van der Waals surface area contributed by atoms with Crippen molar-refractivity contribution in [1.82, 2.24) is 9.55 Å². The molecule has 8 heteroatoms. The van der Waals surface area contributed by atoms with E-state index in [-0.39, 0.29) is 5.59 Å². The summed E-state index contributed by atoms with van der Waals surface area (Å²) in [6, 6.07) is 0. The first kappa shape index (κ1) is 14.4. The summed E-state index contributed by atoms with van der Waals surface area (Å²) >= 11 is 0. The quantitative estimate of drug-likeness (QED) is 0.733. The van der Waals surface area contributed by atoms with Gasteiger partial charge in [0.2, 0.25) is 5.82 Å². The Bertz CT molecular complexity index is 481. The van der Waals surface area contributed by atoms with E-state index in [1.165, 1.54) is 13.2 Å². The zero-order valence-electron chi connectivity index (χ0n) is 11.5. The Morgan fingerprint density at radius 3 is 2.00 bits per heavy atom. The third-order valence-electron chi connectivity index (χ3n) is 3.64. The second-order valence-electron chi connectivity index (χ2n) is 5.69. The second kappa shape index (κ2) is 3.99. The Morgan fingerprint density at radius 1 is 1.16 bits per heavy atom. The summed E-state index contributed by atoms with van der Waals surface area (Å²) in [5.41, 5.74) is -1.07. The first-order chi connectivity index (χ1) is 8.44. The van der Waals surface area contributed by atoms with Crippen LogP contribution in [0.2, 0.25) is 0 Å². The molecule has 2 heterocycles. The highest BCUT2D eigenvalue weighted by Gasteiger charge is 2.53. The van der Waals surface area contributed by atoms with Crippen LogP contribution in [0.25, 0.3) is 0 Å². The Morgan fingerprint density at radius 2 is 1.63 bits per heavy atom. The zero-order chi connectivity index (χ0) is 14.6. The lowest BCUT2D eigenvalue weighted by Gasteiger charge is -2.32. The van der Waals surface area contributed by atoms with E-state index in [1.807, 2.05) is 27.7 Å². The van der Waals surface area contributed by atoms with Crippen LogP contribution in [-0.2, 0) is 22.5 Å². The Kier molecular flexibility index (Phi) is 3.02. The normalized spacial score (nSPS) is 22.0. The van der Waals surface area contributed by atoms with E-state index in [0.29, 0.717) is 0 Å². The molecule has 0 saturated carbocycles. The van der Waals surface area contributed by atoms with Crippen molar-refractivity contribution in [3.63, 3.8) is 0 Å². The van der Waals surface area contributed by atoms with Crippen molar-refractivity contribution in [2.75, 3.05) is 0 Å². The van der Waals surface area contributed by atoms with Gasteiger partial charge in [-0.15, -0.1) is 0 Å². The van der Waals surface area contributed by atoms with Crippen LogP contribution in [-0.4, -0.2) is 27.9 Å². The third-order valence-corrected chi connectivity index (χ3v) is 3.64. The molecule has 0 aromatic carbocycles. The van der Waals surface area contributed by atoms with Gasteiger partial charge in [-0.05, 0) is 27.7 Å². The molecule has 0 N–H and O–H groups in total. The molecule has 0 atom stereocenters. The first-order valence-corrected chi connectivity index (χ1v) is 5.90. The van der Waals surface area contributed by atoms with Crippen LogP contribution in [0, 0.1) is 0 Å². The number of halogens is 3. The molecule has 2 rings (SSSR count). The smallest absolute Gasteiger partial charge is 0.398 e. The summed E-state index contributed by atoms with van der Waals surface area (Å²) in [7, 11) is 0.414. The van der Waals surface area contributed by atoms with Crippen molar-refractivity contribution in [2.45, 2.75) is 45.1 Å². The van der Waals surface area contributed by atoms with Crippen LogP contribution in [0.3, 0.4) is 0 Å². The molecule has 0 spiro atoms. The molecule has 0 aliphatic carbocycles. The summed E-state index contributed by atoms with van der Waals surface area (Å²) in [6.07, 6.45) is -3.21. The number of hydrogen-bond acceptors (Lipinski definition) is 3. The predicted molar refractivity (Wildman–Crippen MR) is 63.9 cm³/mol. The highest BCUT2D eigenvalue weighted by molar-refractivity contribution is 6.61. The number of alkyl halides is 3. The number of aryl methyl sites for hydroxylation is 1. The summed E-state index contributed by atoms with van der Waals surface area (Å²) in [5, 5.41) is 0. The predicted octanol–water partition coefficient (Wildman–Crippen LogP) is 1.74. The van der Waals surface area contributed by atoms with Gasteiger partial charge < -0.3 is 13.9 Å². The summed E-state index contributed by atoms with van der Waals surface area (Å²) in [6.45, 7) is 7.34. The van der Waals surface area contributed by atoms with Gasteiger partial charge in [0.15, 0.2) is 0 Å². The number of nitrogens with zero attached hydrogens (tertiary/aromatic N) is 2. The standard InChI is InChI=1S/C11H16BF3N2O2/c1-9(2)10(3,4)19-12(18-9)7-6-17(5)8(16-7)11(13,14)15/h6H,1-5H3. The highest BCUT2D eigenvalue weighted by Crippen LogP contribution is 2.36. The van der Waals surface area contributed by atoms with Crippen molar-refractivity contribution >= 4 is 12.7 Å². The molecule has 1 aromatic heterocycles. The van der Waals surface area contributed by atoms with Crippen molar-refractivity contribution in [2.24, 2.45) is 7.05 Å². The van der Waals surface area contributed by atoms with Gasteiger partial charge in [-0.25, -0.2) is 4.98 Å². The molecule has 0 radical (unpaired) electrons. The molecule has 1 aliphatic heterocycles. The lowest BCUT2D eigenvalue weighted by Crippen LogP contribution is -2.41. The molecule has 1 fully saturated rings. The number of aromatic nitrogens is 2. The maximum Gasteiger partial charge on any atom is 0.516 e. The fourth-order valence-corrected chi connectivity index (χ4v) is 1.83. The minimum atomic E-state index is -4.49. The second-order valence-corrected chi connectivity index (χ2v) is 5.69. The van der Waals surface area contributed by atoms with Crippen LogP contribution in [0.5, 0.6) is 0 Å². The summed E-state index contributed by atoms with van der Waals surface area (Å²) in [5.74, 6) is -0.961. The molecule has 1 aromatic rings. The minimum Gasteiger partial charge on any atom is -0.398 e. The molecule has 1 aliphatic rings. The van der Waals surface area contributed by atoms with E-state index >= 15 is 0 Å². The Balaban J connectivity index is 2.31. The fraction of sp³-hybridized carbons (Fsp3) is 0.727. The van der Waals surface area contributed by atoms with Gasteiger partial charge in [0, 0.05) is 13.2 Å². The SMILES string of the molecule is Cn1cc(B2OC(C)(C)C(C)(C)O2)nc1C(F)(F)F. The largest absolute Gasteiger partial charge is 0.516 e. The minimum absolute atomic E-state index is 0.133. The highest BCUT2D eigenvalue weighted by atomic mass is 19.4.